The Morgan fingerprint density at radius 2 is 2.06 bits per heavy atom. The molecule has 2 nitrogen and oxygen atoms in total. The minimum absolute atomic E-state index is 0.579. The molecule has 2 rings (SSSR count). The standard InChI is InChI=1S/C13H18F2N2/c1-17(11-3-4-11)7-6-16-9-10-2-5-12(14)13(15)8-10/h2,5,8,11,16H,3-4,6-7,9H2,1H3. The fourth-order valence-corrected chi connectivity index (χ4v) is 1.84. The van der Waals surface area contributed by atoms with E-state index >= 15 is 0 Å². The van der Waals surface area contributed by atoms with E-state index < -0.39 is 11.6 Å². The lowest BCUT2D eigenvalue weighted by atomic mass is 10.2. The zero-order valence-corrected chi connectivity index (χ0v) is 10.0. The molecule has 17 heavy (non-hydrogen) atoms. The normalized spacial score (nSPS) is 15.5. The van der Waals surface area contributed by atoms with Crippen molar-refractivity contribution >= 4 is 0 Å². The van der Waals surface area contributed by atoms with Crippen LogP contribution >= 0.6 is 0 Å². The molecule has 94 valence electrons. The van der Waals surface area contributed by atoms with Gasteiger partial charge in [0.15, 0.2) is 11.6 Å². The highest BCUT2D eigenvalue weighted by Gasteiger charge is 2.25. The smallest absolute Gasteiger partial charge is 0.159 e. The molecule has 0 aromatic heterocycles. The monoisotopic (exact) mass is 240 g/mol. The molecule has 0 heterocycles. The van der Waals surface area contributed by atoms with Gasteiger partial charge in [0.2, 0.25) is 0 Å². The summed E-state index contributed by atoms with van der Waals surface area (Å²) < 4.78 is 25.6. The zero-order valence-electron chi connectivity index (χ0n) is 10.0. The summed E-state index contributed by atoms with van der Waals surface area (Å²) in [6.45, 7) is 2.44. The highest BCUT2D eigenvalue weighted by Crippen LogP contribution is 2.24. The van der Waals surface area contributed by atoms with E-state index in [1.54, 1.807) is 6.07 Å². The van der Waals surface area contributed by atoms with E-state index in [-0.39, 0.29) is 0 Å². The molecule has 0 atom stereocenters. The van der Waals surface area contributed by atoms with Crippen LogP contribution in [0.2, 0.25) is 0 Å². The molecular weight excluding hydrogens is 222 g/mol. The van der Waals surface area contributed by atoms with E-state index in [1.165, 1.54) is 25.0 Å². The maximum Gasteiger partial charge on any atom is 0.159 e. The third-order valence-corrected chi connectivity index (χ3v) is 3.12. The van der Waals surface area contributed by atoms with E-state index in [1.807, 2.05) is 0 Å². The molecule has 0 saturated heterocycles. The summed E-state index contributed by atoms with van der Waals surface area (Å²) in [6, 6.07) is 4.78. The van der Waals surface area contributed by atoms with Gasteiger partial charge < -0.3 is 10.2 Å². The molecule has 4 heteroatoms. The van der Waals surface area contributed by atoms with Gasteiger partial charge in [0.1, 0.15) is 0 Å². The highest BCUT2D eigenvalue weighted by atomic mass is 19.2. The molecule has 1 aliphatic rings. The SMILES string of the molecule is CN(CCNCc1ccc(F)c(F)c1)C1CC1. The number of likely N-dealkylation sites (N-methyl/N-ethyl adjacent to an activating group) is 1. The first-order chi connectivity index (χ1) is 8.16. The predicted molar refractivity (Wildman–Crippen MR) is 63.7 cm³/mol. The number of hydrogen-bond acceptors (Lipinski definition) is 2. The minimum atomic E-state index is -0.790. The quantitative estimate of drug-likeness (QED) is 0.766. The van der Waals surface area contributed by atoms with Crippen LogP contribution in [0.4, 0.5) is 8.78 Å². The zero-order chi connectivity index (χ0) is 12.3. The Hall–Kier alpha value is -1.00. The Kier molecular flexibility index (Phi) is 4.07. The van der Waals surface area contributed by atoms with Crippen molar-refractivity contribution in [3.8, 4) is 0 Å². The maximum absolute atomic E-state index is 12.9. The van der Waals surface area contributed by atoms with Crippen molar-refractivity contribution < 1.29 is 8.78 Å². The van der Waals surface area contributed by atoms with Crippen LogP contribution < -0.4 is 5.32 Å². The van der Waals surface area contributed by atoms with Crippen LogP contribution in [-0.4, -0.2) is 31.1 Å². The second-order valence-electron chi connectivity index (χ2n) is 4.64. The van der Waals surface area contributed by atoms with Gasteiger partial charge in [-0.15, -0.1) is 0 Å². The van der Waals surface area contributed by atoms with Crippen LogP contribution in [0.5, 0.6) is 0 Å². The van der Waals surface area contributed by atoms with Gasteiger partial charge in [-0.25, -0.2) is 8.78 Å². The summed E-state index contributed by atoms with van der Waals surface area (Å²) in [5.41, 5.74) is 0.776. The Morgan fingerprint density at radius 3 is 2.71 bits per heavy atom. The molecular formula is C13H18F2N2. The Morgan fingerprint density at radius 1 is 1.29 bits per heavy atom. The van der Waals surface area contributed by atoms with Gasteiger partial charge in [-0.3, -0.25) is 0 Å². The third kappa shape index (κ3) is 3.75. The Labute approximate surface area is 101 Å². The third-order valence-electron chi connectivity index (χ3n) is 3.12. The molecule has 0 spiro atoms. The van der Waals surface area contributed by atoms with Crippen LogP contribution in [-0.2, 0) is 6.54 Å². The van der Waals surface area contributed by atoms with Crippen molar-refractivity contribution in [3.63, 3.8) is 0 Å². The van der Waals surface area contributed by atoms with Crippen molar-refractivity contribution in [1.29, 1.82) is 0 Å². The van der Waals surface area contributed by atoms with E-state index in [2.05, 4.69) is 17.3 Å². The van der Waals surface area contributed by atoms with E-state index in [0.29, 0.717) is 6.54 Å². The van der Waals surface area contributed by atoms with Crippen LogP contribution in [0.15, 0.2) is 18.2 Å². The van der Waals surface area contributed by atoms with Crippen molar-refractivity contribution in [2.45, 2.75) is 25.4 Å². The topological polar surface area (TPSA) is 15.3 Å². The van der Waals surface area contributed by atoms with E-state index in [0.717, 1.165) is 24.7 Å². The van der Waals surface area contributed by atoms with Crippen LogP contribution in [0.25, 0.3) is 0 Å². The first kappa shape index (κ1) is 12.5. The fourth-order valence-electron chi connectivity index (χ4n) is 1.84. The molecule has 0 bridgehead atoms. The van der Waals surface area contributed by atoms with Crippen molar-refractivity contribution in [3.05, 3.63) is 35.4 Å². The fraction of sp³-hybridized carbons (Fsp3) is 0.538. The summed E-state index contributed by atoms with van der Waals surface area (Å²) in [4.78, 5) is 2.33. The average Bonchev–Trinajstić information content (AvgIpc) is 3.13. The molecule has 1 aliphatic carbocycles. The summed E-state index contributed by atoms with van der Waals surface area (Å²) in [6.07, 6.45) is 2.61. The molecule has 0 unspecified atom stereocenters. The van der Waals surface area contributed by atoms with Crippen molar-refractivity contribution in [1.82, 2.24) is 10.2 Å². The minimum Gasteiger partial charge on any atom is -0.311 e. The molecule has 1 saturated carbocycles. The molecule has 0 radical (unpaired) electrons. The Balaban J connectivity index is 1.68. The number of halogens is 2. The molecule has 1 aromatic carbocycles. The lowest BCUT2D eigenvalue weighted by Crippen LogP contribution is -2.30. The van der Waals surface area contributed by atoms with E-state index in [9.17, 15) is 8.78 Å². The average molecular weight is 240 g/mol. The first-order valence-electron chi connectivity index (χ1n) is 6.01. The van der Waals surface area contributed by atoms with Gasteiger partial charge in [0, 0.05) is 25.7 Å². The second kappa shape index (κ2) is 5.56. The summed E-state index contributed by atoms with van der Waals surface area (Å²) >= 11 is 0. The summed E-state index contributed by atoms with van der Waals surface area (Å²) in [5, 5.41) is 3.23. The van der Waals surface area contributed by atoms with Crippen molar-refractivity contribution in [2.75, 3.05) is 20.1 Å². The molecule has 0 amide bonds. The van der Waals surface area contributed by atoms with Gasteiger partial charge >= 0.3 is 0 Å². The number of rotatable bonds is 6. The van der Waals surface area contributed by atoms with Gasteiger partial charge in [-0.2, -0.15) is 0 Å². The van der Waals surface area contributed by atoms with Gasteiger partial charge in [-0.1, -0.05) is 6.07 Å². The maximum atomic E-state index is 12.9. The molecule has 1 fully saturated rings. The number of nitrogens with zero attached hydrogens (tertiary/aromatic N) is 1. The molecule has 1 N–H and O–H groups in total. The lowest BCUT2D eigenvalue weighted by molar-refractivity contribution is 0.321. The van der Waals surface area contributed by atoms with Crippen LogP contribution in [0.1, 0.15) is 18.4 Å². The number of hydrogen-bond donors (Lipinski definition) is 1. The predicted octanol–water partition coefficient (Wildman–Crippen LogP) is 2.15. The molecule has 0 aliphatic heterocycles. The first-order valence-corrected chi connectivity index (χ1v) is 6.01. The Bertz CT molecular complexity index is 378. The number of benzene rings is 1. The number of nitrogens with one attached hydrogen (secondary N) is 1. The van der Waals surface area contributed by atoms with E-state index in [4.69, 9.17) is 0 Å². The second-order valence-corrected chi connectivity index (χ2v) is 4.64. The van der Waals surface area contributed by atoms with Crippen LogP contribution in [0, 0.1) is 11.6 Å². The van der Waals surface area contributed by atoms with Crippen molar-refractivity contribution in [2.24, 2.45) is 0 Å². The molecule has 1 aromatic rings. The van der Waals surface area contributed by atoms with Gasteiger partial charge in [-0.05, 0) is 37.6 Å². The van der Waals surface area contributed by atoms with Crippen LogP contribution in [0.3, 0.4) is 0 Å². The van der Waals surface area contributed by atoms with Gasteiger partial charge in [0.05, 0.1) is 0 Å². The highest BCUT2D eigenvalue weighted by molar-refractivity contribution is 5.17. The summed E-state index contributed by atoms with van der Waals surface area (Å²) in [7, 11) is 2.12. The lowest BCUT2D eigenvalue weighted by Gasteiger charge is -2.15. The van der Waals surface area contributed by atoms with Gasteiger partial charge in [0.25, 0.3) is 0 Å². The largest absolute Gasteiger partial charge is 0.311 e. The summed E-state index contributed by atoms with van der Waals surface area (Å²) in [5.74, 6) is -1.57.